The molecule has 0 spiro atoms. The molecule has 1 saturated heterocycles. The summed E-state index contributed by atoms with van der Waals surface area (Å²) >= 11 is 1.62. The Bertz CT molecular complexity index is 596. The highest BCUT2D eigenvalue weighted by Gasteiger charge is 2.70. The number of aryl methyl sites for hydroxylation is 1. The van der Waals surface area contributed by atoms with Crippen molar-refractivity contribution in [2.75, 3.05) is 13.7 Å². The second-order valence-electron chi connectivity index (χ2n) is 7.14. The molecule has 0 aromatic carbocycles. The summed E-state index contributed by atoms with van der Waals surface area (Å²) in [5.74, 6) is 0.157. The van der Waals surface area contributed by atoms with Crippen molar-refractivity contribution in [1.29, 1.82) is 0 Å². The van der Waals surface area contributed by atoms with Crippen LogP contribution in [0, 0.1) is 18.3 Å². The molecule has 0 radical (unpaired) electrons. The van der Waals surface area contributed by atoms with E-state index in [9.17, 15) is 4.79 Å². The smallest absolute Gasteiger partial charge is 0.243 e. The number of nitrogens with two attached hydrogens (primary N) is 1. The van der Waals surface area contributed by atoms with Crippen LogP contribution >= 0.6 is 36.2 Å². The van der Waals surface area contributed by atoms with Gasteiger partial charge in [0.25, 0.3) is 0 Å². The van der Waals surface area contributed by atoms with Gasteiger partial charge in [0, 0.05) is 36.1 Å². The first-order valence-corrected chi connectivity index (χ1v) is 8.67. The third-order valence-electron chi connectivity index (χ3n) is 5.45. The fourth-order valence-corrected chi connectivity index (χ4v) is 4.96. The highest BCUT2D eigenvalue weighted by atomic mass is 35.5. The predicted octanol–water partition coefficient (Wildman–Crippen LogP) is 2.79. The number of hydrogen-bond acceptors (Lipinski definition) is 5. The second kappa shape index (κ2) is 7.46. The van der Waals surface area contributed by atoms with E-state index in [2.05, 4.69) is 18.8 Å². The van der Waals surface area contributed by atoms with Crippen molar-refractivity contribution in [2.24, 2.45) is 17.1 Å². The Hall–Kier alpha value is -0.400. The van der Waals surface area contributed by atoms with Crippen LogP contribution in [0.4, 0.5) is 0 Å². The number of aromatic nitrogens is 1. The monoisotopic (exact) mass is 395 g/mol. The number of fused-ring (bicyclic) bond motifs is 1. The number of carbonyl (C=O) groups is 1. The lowest BCUT2D eigenvalue weighted by Crippen LogP contribution is -2.82. The molecule has 5 nitrogen and oxygen atoms in total. The van der Waals surface area contributed by atoms with Crippen molar-refractivity contribution < 1.29 is 9.53 Å². The van der Waals surface area contributed by atoms with Crippen molar-refractivity contribution >= 4 is 42.1 Å². The number of amides is 1. The molecule has 2 aliphatic rings. The number of rotatable bonds is 3. The first-order chi connectivity index (χ1) is 10.3. The van der Waals surface area contributed by atoms with Crippen molar-refractivity contribution in [1.82, 2.24) is 9.88 Å². The van der Waals surface area contributed by atoms with Crippen molar-refractivity contribution in [3.05, 3.63) is 16.1 Å². The highest BCUT2D eigenvalue weighted by molar-refractivity contribution is 7.11. The third-order valence-corrected chi connectivity index (χ3v) is 6.34. The average molecular weight is 396 g/mol. The molecule has 1 saturated carbocycles. The molecule has 2 N–H and O–H groups in total. The van der Waals surface area contributed by atoms with Crippen LogP contribution in [0.3, 0.4) is 0 Å². The molecule has 1 aromatic heterocycles. The molecular formula is C16H27Cl2N3O2S. The van der Waals surface area contributed by atoms with Crippen LogP contribution in [0.25, 0.3) is 0 Å². The van der Waals surface area contributed by atoms with Crippen molar-refractivity contribution in [2.45, 2.75) is 51.8 Å². The summed E-state index contributed by atoms with van der Waals surface area (Å²) in [6.45, 7) is 7.44. The average Bonchev–Trinajstić information content (AvgIpc) is 2.90. The quantitative estimate of drug-likeness (QED) is 0.853. The molecule has 2 heterocycles. The van der Waals surface area contributed by atoms with E-state index >= 15 is 0 Å². The lowest BCUT2D eigenvalue weighted by atomic mass is 9.46. The van der Waals surface area contributed by atoms with E-state index in [4.69, 9.17) is 10.5 Å². The van der Waals surface area contributed by atoms with Crippen LogP contribution in [0.1, 0.15) is 36.6 Å². The Balaban J connectivity index is 0.00000144. The van der Waals surface area contributed by atoms with Gasteiger partial charge in [-0.2, -0.15) is 0 Å². The zero-order valence-corrected chi connectivity index (χ0v) is 17.0. The van der Waals surface area contributed by atoms with Gasteiger partial charge in [0.1, 0.15) is 5.54 Å². The summed E-state index contributed by atoms with van der Waals surface area (Å²) in [6, 6.07) is 0. The van der Waals surface area contributed by atoms with Crippen LogP contribution in [0.5, 0.6) is 0 Å². The van der Waals surface area contributed by atoms with Gasteiger partial charge in [0.05, 0.1) is 17.7 Å². The number of ether oxygens (including phenoxy) is 1. The molecule has 2 fully saturated rings. The van der Waals surface area contributed by atoms with E-state index in [1.165, 1.54) is 0 Å². The van der Waals surface area contributed by atoms with Gasteiger partial charge in [-0.15, -0.1) is 36.2 Å². The first kappa shape index (κ1) is 21.6. The molecule has 0 bridgehead atoms. The Morgan fingerprint density at radius 2 is 2.17 bits per heavy atom. The minimum atomic E-state index is -0.827. The predicted molar refractivity (Wildman–Crippen MR) is 101 cm³/mol. The summed E-state index contributed by atoms with van der Waals surface area (Å²) in [5.41, 5.74) is 5.50. The molecule has 3 unspecified atom stereocenters. The summed E-state index contributed by atoms with van der Waals surface area (Å²) < 4.78 is 5.88. The van der Waals surface area contributed by atoms with Crippen LogP contribution in [0.2, 0.25) is 0 Å². The molecule has 1 amide bonds. The van der Waals surface area contributed by atoms with Crippen LogP contribution in [-0.4, -0.2) is 41.1 Å². The molecule has 8 heteroatoms. The van der Waals surface area contributed by atoms with Gasteiger partial charge in [-0.1, -0.05) is 13.8 Å². The topological polar surface area (TPSA) is 68.5 Å². The Kier molecular flexibility index (Phi) is 6.73. The lowest BCUT2D eigenvalue weighted by Gasteiger charge is -2.65. The summed E-state index contributed by atoms with van der Waals surface area (Å²) in [5, 5.41) is 1.02. The maximum Gasteiger partial charge on any atom is 0.243 e. The number of halogens is 2. The molecule has 3 rings (SSSR count). The maximum absolute atomic E-state index is 13.1. The summed E-state index contributed by atoms with van der Waals surface area (Å²) in [6.07, 6.45) is 3.91. The molecule has 1 aliphatic heterocycles. The third kappa shape index (κ3) is 3.07. The second-order valence-corrected chi connectivity index (χ2v) is 8.46. The van der Waals surface area contributed by atoms with Crippen LogP contribution in [0.15, 0.2) is 6.20 Å². The molecule has 1 aromatic rings. The van der Waals surface area contributed by atoms with Gasteiger partial charge >= 0.3 is 0 Å². The van der Waals surface area contributed by atoms with Crippen LogP contribution in [-0.2, 0) is 16.1 Å². The van der Waals surface area contributed by atoms with E-state index in [0.29, 0.717) is 6.54 Å². The minimum Gasteiger partial charge on any atom is -0.377 e. The van der Waals surface area contributed by atoms with Gasteiger partial charge in [-0.25, -0.2) is 4.98 Å². The van der Waals surface area contributed by atoms with E-state index in [1.54, 1.807) is 16.2 Å². The van der Waals surface area contributed by atoms with Gasteiger partial charge in [-0.05, 0) is 19.8 Å². The van der Waals surface area contributed by atoms with E-state index in [0.717, 1.165) is 29.3 Å². The zero-order valence-electron chi connectivity index (χ0n) is 14.6. The van der Waals surface area contributed by atoms with E-state index in [-0.39, 0.29) is 48.2 Å². The van der Waals surface area contributed by atoms with Gasteiger partial charge in [0.2, 0.25) is 5.91 Å². The van der Waals surface area contributed by atoms with Gasteiger partial charge in [0.15, 0.2) is 0 Å². The fourth-order valence-electron chi connectivity index (χ4n) is 4.11. The van der Waals surface area contributed by atoms with E-state index in [1.807, 2.05) is 20.2 Å². The van der Waals surface area contributed by atoms with Crippen molar-refractivity contribution in [3.63, 3.8) is 0 Å². The maximum atomic E-state index is 13.1. The molecule has 24 heavy (non-hydrogen) atoms. The molecule has 1 aliphatic carbocycles. The number of nitrogens with zero attached hydrogens (tertiary/aromatic N) is 2. The standard InChI is InChI=1S/C16H25N3O2S.2ClH/c1-10-18-8-11(22-10)9-19(4)14(20)16(17)12-6-5-7-21-13(12)15(16,2)3;;/h8,12-13H,5-7,9,17H2,1-4H3;2*1H. The fraction of sp³-hybridized carbons (Fsp3) is 0.750. The number of hydrogen-bond donors (Lipinski definition) is 1. The van der Waals surface area contributed by atoms with E-state index < -0.39 is 5.54 Å². The van der Waals surface area contributed by atoms with Crippen molar-refractivity contribution in [3.8, 4) is 0 Å². The Morgan fingerprint density at radius 3 is 2.75 bits per heavy atom. The molecule has 3 atom stereocenters. The summed E-state index contributed by atoms with van der Waals surface area (Å²) in [4.78, 5) is 20.1. The number of likely N-dealkylation sites (N-methyl/N-ethyl adjacent to an activating group) is 1. The normalized spacial score (nSPS) is 30.2. The largest absolute Gasteiger partial charge is 0.377 e. The number of thiazole rings is 1. The van der Waals surface area contributed by atoms with Crippen LogP contribution < -0.4 is 5.73 Å². The van der Waals surface area contributed by atoms with Gasteiger partial charge in [-0.3, -0.25) is 4.79 Å². The molecular weight excluding hydrogens is 369 g/mol. The summed E-state index contributed by atoms with van der Waals surface area (Å²) in [7, 11) is 1.83. The van der Waals surface area contributed by atoms with Gasteiger partial charge < -0.3 is 15.4 Å². The Morgan fingerprint density at radius 1 is 1.50 bits per heavy atom. The number of carbonyl (C=O) groups excluding carboxylic acids is 1. The zero-order chi connectivity index (χ0) is 16.1. The molecule has 138 valence electrons. The lowest BCUT2D eigenvalue weighted by molar-refractivity contribution is -0.229. The minimum absolute atomic E-state index is 0. The Labute approximate surface area is 160 Å². The highest BCUT2D eigenvalue weighted by Crippen LogP contribution is 2.57. The first-order valence-electron chi connectivity index (χ1n) is 7.86. The SMILES string of the molecule is Cc1ncc(CN(C)C(=O)C2(N)C3CCCOC3C2(C)C)s1.Cl.Cl.